The fourth-order valence-corrected chi connectivity index (χ4v) is 1.05. The van der Waals surface area contributed by atoms with E-state index in [4.69, 9.17) is 9.84 Å². The molecule has 4 nitrogen and oxygen atoms in total. The van der Waals surface area contributed by atoms with Crippen molar-refractivity contribution >= 4 is 34.3 Å². The summed E-state index contributed by atoms with van der Waals surface area (Å²) in [5.74, 6) is -0.851. The Morgan fingerprint density at radius 3 is 2.77 bits per heavy atom. The van der Waals surface area contributed by atoms with E-state index in [-0.39, 0.29) is 23.9 Å². The zero-order valence-corrected chi connectivity index (χ0v) is 9.05. The average molecular weight is 268 g/mol. The Morgan fingerprint density at radius 1 is 1.69 bits per heavy atom. The first-order valence-corrected chi connectivity index (χ1v) is 3.87. The maximum Gasteiger partial charge on any atom is 0.358 e. The highest BCUT2D eigenvalue weighted by molar-refractivity contribution is 9.10. The van der Waals surface area contributed by atoms with Crippen LogP contribution in [0.2, 0.25) is 0 Å². The van der Waals surface area contributed by atoms with E-state index < -0.39 is 5.97 Å². The number of rotatable bonds is 2. The standard InChI is InChI=1S/C7H6BrNO3.ClH/c1-12-5-2-4(8)3-9-6(5)7(10)11;/h2-3H,1H3,(H,10,11);1H. The fourth-order valence-electron chi connectivity index (χ4n) is 0.737. The summed E-state index contributed by atoms with van der Waals surface area (Å²) >= 11 is 3.15. The number of pyridine rings is 1. The molecule has 0 bridgehead atoms. The van der Waals surface area contributed by atoms with Gasteiger partial charge in [0.25, 0.3) is 0 Å². The smallest absolute Gasteiger partial charge is 0.358 e. The number of nitrogens with zero attached hydrogens (tertiary/aromatic N) is 1. The van der Waals surface area contributed by atoms with Crippen molar-refractivity contribution in [1.29, 1.82) is 0 Å². The first kappa shape index (κ1) is 12.2. The van der Waals surface area contributed by atoms with Crippen LogP contribution in [-0.2, 0) is 0 Å². The van der Waals surface area contributed by atoms with Crippen LogP contribution in [0.4, 0.5) is 0 Å². The maximum atomic E-state index is 10.5. The molecule has 1 heterocycles. The highest BCUT2D eigenvalue weighted by Gasteiger charge is 2.11. The van der Waals surface area contributed by atoms with E-state index in [1.54, 1.807) is 6.07 Å². The summed E-state index contributed by atoms with van der Waals surface area (Å²) in [6.07, 6.45) is 1.41. The third kappa shape index (κ3) is 2.86. The van der Waals surface area contributed by atoms with Gasteiger partial charge in [0.2, 0.25) is 0 Å². The largest absolute Gasteiger partial charge is 0.494 e. The molecule has 0 atom stereocenters. The minimum Gasteiger partial charge on any atom is -0.494 e. The maximum absolute atomic E-state index is 10.5. The van der Waals surface area contributed by atoms with Crippen molar-refractivity contribution in [2.45, 2.75) is 0 Å². The van der Waals surface area contributed by atoms with Crippen molar-refractivity contribution in [3.05, 3.63) is 22.4 Å². The minimum absolute atomic E-state index is 0. The van der Waals surface area contributed by atoms with Gasteiger partial charge in [-0.25, -0.2) is 9.78 Å². The summed E-state index contributed by atoms with van der Waals surface area (Å²) < 4.78 is 5.50. The molecule has 13 heavy (non-hydrogen) atoms. The molecule has 0 aliphatic heterocycles. The van der Waals surface area contributed by atoms with Crippen molar-refractivity contribution in [3.8, 4) is 5.75 Å². The van der Waals surface area contributed by atoms with Gasteiger partial charge in [-0.2, -0.15) is 0 Å². The molecule has 0 spiro atoms. The number of aromatic carboxylic acids is 1. The lowest BCUT2D eigenvalue weighted by Crippen LogP contribution is -2.03. The van der Waals surface area contributed by atoms with Gasteiger partial charge in [0, 0.05) is 10.7 Å². The van der Waals surface area contributed by atoms with Crippen molar-refractivity contribution in [3.63, 3.8) is 0 Å². The van der Waals surface area contributed by atoms with Gasteiger partial charge >= 0.3 is 5.97 Å². The lowest BCUT2D eigenvalue weighted by molar-refractivity contribution is 0.0686. The van der Waals surface area contributed by atoms with E-state index in [2.05, 4.69) is 20.9 Å². The number of carboxylic acids is 1. The predicted octanol–water partition coefficient (Wildman–Crippen LogP) is 1.97. The molecule has 0 amide bonds. The fraction of sp³-hybridized carbons (Fsp3) is 0.143. The zero-order chi connectivity index (χ0) is 9.14. The molecule has 0 aliphatic rings. The second-order valence-electron chi connectivity index (χ2n) is 2.01. The van der Waals surface area contributed by atoms with E-state index in [0.29, 0.717) is 4.47 Å². The number of carboxylic acid groups (broad SMARTS) is 1. The van der Waals surface area contributed by atoms with Crippen molar-refractivity contribution in [2.24, 2.45) is 0 Å². The Balaban J connectivity index is 0.00000144. The molecule has 0 saturated heterocycles. The molecule has 0 aromatic carbocycles. The number of hydrogen-bond acceptors (Lipinski definition) is 3. The zero-order valence-electron chi connectivity index (χ0n) is 6.65. The Morgan fingerprint density at radius 2 is 2.31 bits per heavy atom. The molecule has 1 aromatic heterocycles. The van der Waals surface area contributed by atoms with Gasteiger partial charge in [-0.05, 0) is 22.0 Å². The van der Waals surface area contributed by atoms with E-state index in [1.807, 2.05) is 0 Å². The summed E-state index contributed by atoms with van der Waals surface area (Å²) in [5, 5.41) is 8.63. The number of halogens is 2. The summed E-state index contributed by atoms with van der Waals surface area (Å²) in [5.41, 5.74) is -0.0827. The molecule has 1 rings (SSSR count). The normalized spacial score (nSPS) is 8.77. The van der Waals surface area contributed by atoms with Crippen LogP contribution in [-0.4, -0.2) is 23.2 Å². The first-order valence-electron chi connectivity index (χ1n) is 3.08. The molecule has 0 unspecified atom stereocenters. The lowest BCUT2D eigenvalue weighted by atomic mass is 10.3. The van der Waals surface area contributed by atoms with Crippen molar-refractivity contribution in [2.75, 3.05) is 7.11 Å². The Bertz CT molecular complexity index is 319. The van der Waals surface area contributed by atoms with Gasteiger partial charge in [0.15, 0.2) is 11.4 Å². The van der Waals surface area contributed by atoms with Crippen LogP contribution in [0.1, 0.15) is 10.5 Å². The van der Waals surface area contributed by atoms with Gasteiger partial charge in [-0.1, -0.05) is 0 Å². The topological polar surface area (TPSA) is 59.4 Å². The Labute approximate surface area is 89.5 Å². The average Bonchev–Trinajstić information content (AvgIpc) is 2.03. The van der Waals surface area contributed by atoms with Crippen LogP contribution in [0.15, 0.2) is 16.7 Å². The van der Waals surface area contributed by atoms with Crippen LogP contribution in [0, 0.1) is 0 Å². The number of methoxy groups -OCH3 is 1. The van der Waals surface area contributed by atoms with Crippen LogP contribution in [0.25, 0.3) is 0 Å². The van der Waals surface area contributed by atoms with Crippen LogP contribution >= 0.6 is 28.3 Å². The number of ether oxygens (including phenoxy) is 1. The summed E-state index contributed by atoms with van der Waals surface area (Å²) in [6.45, 7) is 0. The summed E-state index contributed by atoms with van der Waals surface area (Å²) in [6, 6.07) is 1.55. The quantitative estimate of drug-likeness (QED) is 0.891. The SMILES string of the molecule is COc1cc(Br)cnc1C(=O)O.Cl. The summed E-state index contributed by atoms with van der Waals surface area (Å²) in [7, 11) is 1.40. The molecule has 0 saturated carbocycles. The third-order valence-corrected chi connectivity index (χ3v) is 1.68. The van der Waals surface area contributed by atoms with Crippen LogP contribution < -0.4 is 4.74 Å². The number of hydrogen-bond donors (Lipinski definition) is 1. The van der Waals surface area contributed by atoms with Gasteiger partial charge in [0.1, 0.15) is 0 Å². The van der Waals surface area contributed by atoms with Crippen LogP contribution in [0.5, 0.6) is 5.75 Å². The first-order chi connectivity index (χ1) is 5.65. The lowest BCUT2D eigenvalue weighted by Gasteiger charge is -2.02. The minimum atomic E-state index is -1.10. The molecule has 72 valence electrons. The molecule has 1 N–H and O–H groups in total. The second-order valence-corrected chi connectivity index (χ2v) is 2.93. The highest BCUT2D eigenvalue weighted by atomic mass is 79.9. The number of carbonyl (C=O) groups is 1. The van der Waals surface area contributed by atoms with Gasteiger partial charge in [-0.3, -0.25) is 0 Å². The summed E-state index contributed by atoms with van der Waals surface area (Å²) in [4.78, 5) is 14.2. The molecule has 0 aliphatic carbocycles. The Kier molecular flexibility index (Phi) is 4.72. The van der Waals surface area contributed by atoms with Crippen LogP contribution in [0.3, 0.4) is 0 Å². The van der Waals surface area contributed by atoms with Gasteiger partial charge in [-0.15, -0.1) is 12.4 Å². The van der Waals surface area contributed by atoms with E-state index in [1.165, 1.54) is 13.3 Å². The van der Waals surface area contributed by atoms with E-state index >= 15 is 0 Å². The Hall–Kier alpha value is -0.810. The van der Waals surface area contributed by atoms with E-state index in [0.717, 1.165) is 0 Å². The molecular formula is C7H7BrClNO3. The molecule has 6 heteroatoms. The van der Waals surface area contributed by atoms with E-state index in [9.17, 15) is 4.79 Å². The third-order valence-electron chi connectivity index (χ3n) is 1.24. The second kappa shape index (κ2) is 5.04. The highest BCUT2D eigenvalue weighted by Crippen LogP contribution is 2.20. The number of aromatic nitrogens is 1. The van der Waals surface area contributed by atoms with Gasteiger partial charge in [0.05, 0.1) is 7.11 Å². The van der Waals surface area contributed by atoms with Crippen molar-refractivity contribution < 1.29 is 14.6 Å². The molecule has 0 radical (unpaired) electrons. The molecule has 1 aromatic rings. The molecule has 0 fully saturated rings. The predicted molar refractivity (Wildman–Crippen MR) is 52.7 cm³/mol. The van der Waals surface area contributed by atoms with Gasteiger partial charge < -0.3 is 9.84 Å². The van der Waals surface area contributed by atoms with Crippen molar-refractivity contribution in [1.82, 2.24) is 4.98 Å². The molecular weight excluding hydrogens is 261 g/mol. The monoisotopic (exact) mass is 267 g/mol.